The second kappa shape index (κ2) is 5.61. The van der Waals surface area contributed by atoms with Crippen LogP contribution in [0.15, 0.2) is 0 Å². The summed E-state index contributed by atoms with van der Waals surface area (Å²) in [6.45, 7) is 4.76. The molecule has 1 rings (SSSR count). The lowest BCUT2D eigenvalue weighted by Crippen LogP contribution is -2.33. The van der Waals surface area contributed by atoms with Crippen LogP contribution >= 0.6 is 0 Å². The molecule has 2 heteroatoms. The molecule has 0 spiro atoms. The van der Waals surface area contributed by atoms with Gasteiger partial charge in [-0.1, -0.05) is 13.3 Å². The van der Waals surface area contributed by atoms with Gasteiger partial charge >= 0.3 is 0 Å². The summed E-state index contributed by atoms with van der Waals surface area (Å²) >= 11 is 0. The topological polar surface area (TPSA) is 15.3 Å². The van der Waals surface area contributed by atoms with Crippen molar-refractivity contribution in [2.75, 3.05) is 27.2 Å². The Balaban J connectivity index is 1.99. The van der Waals surface area contributed by atoms with Crippen molar-refractivity contribution in [2.24, 2.45) is 5.92 Å². The lowest BCUT2D eigenvalue weighted by Gasteiger charge is -2.18. The van der Waals surface area contributed by atoms with Gasteiger partial charge in [0.05, 0.1) is 0 Å². The van der Waals surface area contributed by atoms with E-state index in [1.807, 2.05) is 0 Å². The van der Waals surface area contributed by atoms with Crippen LogP contribution in [0.5, 0.6) is 0 Å². The van der Waals surface area contributed by atoms with E-state index in [1.165, 1.54) is 38.8 Å². The Bertz CT molecular complexity index is 134. The molecule has 0 aromatic carbocycles. The highest BCUT2D eigenvalue weighted by Crippen LogP contribution is 2.24. The van der Waals surface area contributed by atoms with Crippen LogP contribution in [0.1, 0.15) is 32.6 Å². The van der Waals surface area contributed by atoms with E-state index in [-0.39, 0.29) is 0 Å². The number of nitrogens with one attached hydrogen (secondary N) is 1. The summed E-state index contributed by atoms with van der Waals surface area (Å²) in [4.78, 5) is 2.25. The summed E-state index contributed by atoms with van der Waals surface area (Å²) in [5.74, 6) is 0.902. The zero-order valence-corrected chi connectivity index (χ0v) is 9.34. The number of hydrogen-bond donors (Lipinski definition) is 1. The number of nitrogens with zero attached hydrogens (tertiary/aromatic N) is 1. The first-order chi connectivity index (χ1) is 6.20. The summed E-state index contributed by atoms with van der Waals surface area (Å²) in [5, 5.41) is 3.66. The summed E-state index contributed by atoms with van der Waals surface area (Å²) < 4.78 is 0. The van der Waals surface area contributed by atoms with Gasteiger partial charge in [-0.3, -0.25) is 0 Å². The molecule has 0 aliphatic heterocycles. The minimum Gasteiger partial charge on any atom is -0.314 e. The zero-order chi connectivity index (χ0) is 9.68. The maximum absolute atomic E-state index is 3.66. The molecule has 1 saturated carbocycles. The quantitative estimate of drug-likeness (QED) is 0.654. The Labute approximate surface area is 82.7 Å². The van der Waals surface area contributed by atoms with Crippen molar-refractivity contribution in [3.8, 4) is 0 Å². The van der Waals surface area contributed by atoms with Crippen LogP contribution in [0.25, 0.3) is 0 Å². The van der Waals surface area contributed by atoms with Crippen molar-refractivity contribution >= 4 is 0 Å². The Morgan fingerprint density at radius 2 is 2.08 bits per heavy atom. The third kappa shape index (κ3) is 4.10. The van der Waals surface area contributed by atoms with Crippen molar-refractivity contribution in [1.29, 1.82) is 0 Å². The van der Waals surface area contributed by atoms with Gasteiger partial charge in [-0.15, -0.1) is 0 Å². The molecule has 0 unspecified atom stereocenters. The Morgan fingerprint density at radius 3 is 2.62 bits per heavy atom. The van der Waals surface area contributed by atoms with Gasteiger partial charge in [0.15, 0.2) is 0 Å². The van der Waals surface area contributed by atoms with Crippen molar-refractivity contribution in [2.45, 2.75) is 38.6 Å². The lowest BCUT2D eigenvalue weighted by atomic mass is 10.1. The molecule has 1 aliphatic carbocycles. The van der Waals surface area contributed by atoms with E-state index in [0.717, 1.165) is 12.0 Å². The predicted octanol–water partition coefficient (Wildman–Crippen LogP) is 1.72. The van der Waals surface area contributed by atoms with Gasteiger partial charge in [-0.25, -0.2) is 0 Å². The van der Waals surface area contributed by atoms with Crippen molar-refractivity contribution in [3.05, 3.63) is 0 Å². The van der Waals surface area contributed by atoms with Crippen molar-refractivity contribution in [3.63, 3.8) is 0 Å². The minimum atomic E-state index is 0.808. The molecule has 0 radical (unpaired) electrons. The van der Waals surface area contributed by atoms with E-state index in [0.29, 0.717) is 0 Å². The molecular formula is C11H24N2. The van der Waals surface area contributed by atoms with Crippen LogP contribution in [0.2, 0.25) is 0 Å². The minimum absolute atomic E-state index is 0.808. The van der Waals surface area contributed by atoms with Gasteiger partial charge in [0, 0.05) is 6.04 Å². The van der Waals surface area contributed by atoms with Crippen LogP contribution in [0.4, 0.5) is 0 Å². The third-order valence-corrected chi connectivity index (χ3v) is 3.05. The van der Waals surface area contributed by atoms with Gasteiger partial charge in [0.2, 0.25) is 0 Å². The van der Waals surface area contributed by atoms with Crippen LogP contribution in [-0.4, -0.2) is 38.1 Å². The summed E-state index contributed by atoms with van der Waals surface area (Å²) in [6, 6.07) is 0.808. The van der Waals surface area contributed by atoms with Gasteiger partial charge in [0.1, 0.15) is 0 Å². The molecule has 2 atom stereocenters. The first kappa shape index (κ1) is 11.0. The summed E-state index contributed by atoms with van der Waals surface area (Å²) in [6.07, 6.45) is 5.51. The maximum Gasteiger partial charge on any atom is 0.00927 e. The van der Waals surface area contributed by atoms with E-state index >= 15 is 0 Å². The Hall–Kier alpha value is -0.0800. The van der Waals surface area contributed by atoms with Crippen LogP contribution in [-0.2, 0) is 0 Å². The average molecular weight is 184 g/mol. The first-order valence-corrected chi connectivity index (χ1v) is 5.58. The Morgan fingerprint density at radius 1 is 1.31 bits per heavy atom. The smallest absolute Gasteiger partial charge is 0.00927 e. The first-order valence-electron chi connectivity index (χ1n) is 5.58. The molecule has 78 valence electrons. The molecule has 0 heterocycles. The Kier molecular flexibility index (Phi) is 4.74. The molecule has 0 aromatic rings. The van der Waals surface area contributed by atoms with Gasteiger partial charge < -0.3 is 10.2 Å². The van der Waals surface area contributed by atoms with Crippen molar-refractivity contribution < 1.29 is 0 Å². The third-order valence-electron chi connectivity index (χ3n) is 3.05. The van der Waals surface area contributed by atoms with E-state index in [9.17, 15) is 0 Å². The molecule has 0 amide bonds. The van der Waals surface area contributed by atoms with Crippen LogP contribution < -0.4 is 5.32 Å². The molecular weight excluding hydrogens is 160 g/mol. The van der Waals surface area contributed by atoms with E-state index in [2.05, 4.69) is 31.2 Å². The highest BCUT2D eigenvalue weighted by Gasteiger charge is 2.21. The second-order valence-corrected chi connectivity index (χ2v) is 4.63. The van der Waals surface area contributed by atoms with Crippen LogP contribution in [0.3, 0.4) is 0 Å². The van der Waals surface area contributed by atoms with E-state index in [4.69, 9.17) is 0 Å². The van der Waals surface area contributed by atoms with Gasteiger partial charge in [-0.2, -0.15) is 0 Å². The lowest BCUT2D eigenvalue weighted by molar-refractivity contribution is 0.371. The molecule has 0 bridgehead atoms. The monoisotopic (exact) mass is 184 g/mol. The number of rotatable bonds is 5. The fraction of sp³-hybridized carbons (Fsp3) is 1.00. The normalized spacial score (nSPS) is 28.6. The fourth-order valence-electron chi connectivity index (χ4n) is 2.13. The van der Waals surface area contributed by atoms with Crippen molar-refractivity contribution in [1.82, 2.24) is 10.2 Å². The van der Waals surface area contributed by atoms with Crippen LogP contribution in [0, 0.1) is 5.92 Å². The molecule has 1 N–H and O–H groups in total. The standard InChI is InChI=1S/C11H24N2/c1-10-6-4-7-11(10)12-8-5-9-13(2)3/h10-12H,4-9H2,1-3H3/t10-,11-/m1/s1. The summed E-state index contributed by atoms with van der Waals surface area (Å²) in [5.41, 5.74) is 0. The zero-order valence-electron chi connectivity index (χ0n) is 9.34. The average Bonchev–Trinajstić information content (AvgIpc) is 2.45. The van der Waals surface area contributed by atoms with Gasteiger partial charge in [0.25, 0.3) is 0 Å². The molecule has 2 nitrogen and oxygen atoms in total. The van der Waals surface area contributed by atoms with Gasteiger partial charge in [-0.05, 0) is 52.4 Å². The maximum atomic E-state index is 3.66. The summed E-state index contributed by atoms with van der Waals surface area (Å²) in [7, 11) is 4.27. The highest BCUT2D eigenvalue weighted by molar-refractivity contribution is 4.79. The molecule has 1 aliphatic rings. The molecule has 0 aromatic heterocycles. The predicted molar refractivity (Wildman–Crippen MR) is 58.0 cm³/mol. The second-order valence-electron chi connectivity index (χ2n) is 4.63. The fourth-order valence-corrected chi connectivity index (χ4v) is 2.13. The highest BCUT2D eigenvalue weighted by atomic mass is 15.1. The van der Waals surface area contributed by atoms with E-state index < -0.39 is 0 Å². The SMILES string of the molecule is C[C@@H]1CCC[C@H]1NCCCN(C)C. The van der Waals surface area contributed by atoms with E-state index in [1.54, 1.807) is 0 Å². The molecule has 1 fully saturated rings. The largest absolute Gasteiger partial charge is 0.314 e. The molecule has 0 saturated heterocycles. The molecule has 13 heavy (non-hydrogen) atoms. The number of hydrogen-bond acceptors (Lipinski definition) is 2.